The van der Waals surface area contributed by atoms with E-state index in [0.717, 1.165) is 22.9 Å². The first-order valence-corrected chi connectivity index (χ1v) is 9.33. The number of anilines is 1. The predicted molar refractivity (Wildman–Crippen MR) is 111 cm³/mol. The fourth-order valence-corrected chi connectivity index (χ4v) is 3.18. The monoisotopic (exact) mass is 388 g/mol. The van der Waals surface area contributed by atoms with Crippen LogP contribution >= 0.6 is 0 Å². The number of imidazole rings is 1. The number of hydrogen-bond donors (Lipinski definition) is 1. The average Bonchev–Trinajstić information content (AvgIpc) is 3.13. The van der Waals surface area contributed by atoms with Crippen molar-refractivity contribution >= 4 is 17.4 Å². The highest BCUT2D eigenvalue weighted by molar-refractivity contribution is 5.99. The van der Waals surface area contributed by atoms with Crippen LogP contribution in [0.25, 0.3) is 17.0 Å². The lowest BCUT2D eigenvalue weighted by molar-refractivity contribution is -0.120. The molecule has 4 aromatic rings. The molecule has 0 spiro atoms. The van der Waals surface area contributed by atoms with E-state index in [-0.39, 0.29) is 5.91 Å². The summed E-state index contributed by atoms with van der Waals surface area (Å²) < 4.78 is 14.9. The van der Waals surface area contributed by atoms with Crippen LogP contribution in [0.15, 0.2) is 67.1 Å². The number of benzene rings is 2. The molecule has 6 heteroatoms. The zero-order valence-electron chi connectivity index (χ0n) is 16.5. The lowest BCUT2D eigenvalue weighted by Gasteiger charge is -2.25. The third-order valence-corrected chi connectivity index (χ3v) is 5.12. The average molecular weight is 388 g/mol. The van der Waals surface area contributed by atoms with Gasteiger partial charge in [0.25, 0.3) is 0 Å². The number of rotatable bonds is 4. The molecule has 4 rings (SSSR count). The van der Waals surface area contributed by atoms with Gasteiger partial charge in [-0.2, -0.15) is 0 Å². The van der Waals surface area contributed by atoms with Crippen molar-refractivity contribution in [2.24, 2.45) is 0 Å². The molecule has 2 aromatic carbocycles. The molecule has 1 N–H and O–H groups in total. The molecule has 2 heterocycles. The number of carbonyl (C=O) groups excluding carboxylic acids is 1. The molecule has 0 saturated carbocycles. The molecular formula is C23H21FN4O. The Bertz CT molecular complexity index is 1200. The molecule has 0 aliphatic heterocycles. The van der Waals surface area contributed by atoms with Crippen LogP contribution < -0.4 is 5.32 Å². The third-order valence-electron chi connectivity index (χ3n) is 5.12. The van der Waals surface area contributed by atoms with E-state index in [9.17, 15) is 9.18 Å². The molecule has 0 aliphatic rings. The molecule has 1 amide bonds. The van der Waals surface area contributed by atoms with Crippen LogP contribution in [0.5, 0.6) is 0 Å². The van der Waals surface area contributed by atoms with Crippen LogP contribution in [-0.4, -0.2) is 20.3 Å². The predicted octanol–water partition coefficient (Wildman–Crippen LogP) is 4.76. The van der Waals surface area contributed by atoms with Crippen molar-refractivity contribution in [3.8, 4) is 11.3 Å². The second-order valence-electron chi connectivity index (χ2n) is 7.58. The van der Waals surface area contributed by atoms with Crippen molar-refractivity contribution in [1.29, 1.82) is 0 Å². The Balaban J connectivity index is 1.65. The van der Waals surface area contributed by atoms with E-state index in [4.69, 9.17) is 0 Å². The minimum Gasteiger partial charge on any atom is -0.325 e. The van der Waals surface area contributed by atoms with E-state index in [0.29, 0.717) is 17.2 Å². The molecule has 0 aliphatic carbocycles. The van der Waals surface area contributed by atoms with Gasteiger partial charge in [0.1, 0.15) is 0 Å². The number of halogens is 1. The molecule has 2 aromatic heterocycles. The Morgan fingerprint density at radius 1 is 1.10 bits per heavy atom. The van der Waals surface area contributed by atoms with Crippen molar-refractivity contribution in [2.75, 3.05) is 5.32 Å². The lowest BCUT2D eigenvalue weighted by atomic mass is 9.83. The third kappa shape index (κ3) is 3.61. The zero-order chi connectivity index (χ0) is 20.6. The minimum absolute atomic E-state index is 0.0947. The van der Waals surface area contributed by atoms with Crippen molar-refractivity contribution in [3.63, 3.8) is 0 Å². The van der Waals surface area contributed by atoms with E-state index in [1.807, 2.05) is 69.3 Å². The number of nitrogens with one attached hydrogen (secondary N) is 1. The first-order chi connectivity index (χ1) is 13.8. The molecule has 0 bridgehead atoms. The summed E-state index contributed by atoms with van der Waals surface area (Å²) >= 11 is 0. The molecule has 0 fully saturated rings. The molecule has 146 valence electrons. The quantitative estimate of drug-likeness (QED) is 0.548. The summed E-state index contributed by atoms with van der Waals surface area (Å²) in [5, 5.41) is 3.05. The van der Waals surface area contributed by atoms with E-state index in [2.05, 4.69) is 15.3 Å². The van der Waals surface area contributed by atoms with E-state index < -0.39 is 11.2 Å². The van der Waals surface area contributed by atoms with Gasteiger partial charge in [-0.3, -0.25) is 9.20 Å². The number of nitrogens with zero attached hydrogens (tertiary/aromatic N) is 3. The van der Waals surface area contributed by atoms with Gasteiger partial charge in [0.05, 0.1) is 17.3 Å². The molecule has 29 heavy (non-hydrogen) atoms. The first kappa shape index (κ1) is 18.8. The number of aryl methyl sites for hydroxylation is 1. The maximum absolute atomic E-state index is 13.4. The maximum Gasteiger partial charge on any atom is 0.234 e. The second-order valence-corrected chi connectivity index (χ2v) is 7.58. The van der Waals surface area contributed by atoms with Gasteiger partial charge in [-0.25, -0.2) is 14.4 Å². The number of carbonyl (C=O) groups is 1. The van der Waals surface area contributed by atoms with Gasteiger partial charge in [0, 0.05) is 23.6 Å². The summed E-state index contributed by atoms with van der Waals surface area (Å²) in [6.45, 7) is 5.74. The van der Waals surface area contributed by atoms with Crippen LogP contribution in [0.1, 0.15) is 25.0 Å². The van der Waals surface area contributed by atoms with Crippen LogP contribution in [-0.2, 0) is 10.2 Å². The van der Waals surface area contributed by atoms with Gasteiger partial charge >= 0.3 is 0 Å². The summed E-state index contributed by atoms with van der Waals surface area (Å²) in [5.74, 6) is -0.109. The number of fused-ring (bicyclic) bond motifs is 1. The number of amides is 1. The van der Waals surface area contributed by atoms with Crippen molar-refractivity contribution in [1.82, 2.24) is 14.4 Å². The van der Waals surface area contributed by atoms with Gasteiger partial charge in [-0.1, -0.05) is 42.5 Å². The van der Waals surface area contributed by atoms with Crippen LogP contribution in [0, 0.1) is 12.7 Å². The Morgan fingerprint density at radius 3 is 2.62 bits per heavy atom. The van der Waals surface area contributed by atoms with Crippen molar-refractivity contribution < 1.29 is 9.18 Å². The highest BCUT2D eigenvalue weighted by Crippen LogP contribution is 2.29. The fourth-order valence-electron chi connectivity index (χ4n) is 3.18. The molecule has 0 unspecified atom stereocenters. The van der Waals surface area contributed by atoms with Gasteiger partial charge in [-0.05, 0) is 38.0 Å². The van der Waals surface area contributed by atoms with Crippen LogP contribution in [0.2, 0.25) is 0 Å². The summed E-state index contributed by atoms with van der Waals surface area (Å²) in [6.07, 6.45) is 4.19. The molecule has 0 atom stereocenters. The van der Waals surface area contributed by atoms with Gasteiger partial charge in [0.2, 0.25) is 11.7 Å². The maximum atomic E-state index is 13.4. The largest absolute Gasteiger partial charge is 0.325 e. The molecule has 0 radical (unpaired) electrons. The summed E-state index contributed by atoms with van der Waals surface area (Å²) in [4.78, 5) is 21.5. The number of aromatic nitrogens is 3. The zero-order valence-corrected chi connectivity index (χ0v) is 16.5. The van der Waals surface area contributed by atoms with Crippen molar-refractivity contribution in [2.45, 2.75) is 26.2 Å². The van der Waals surface area contributed by atoms with Crippen LogP contribution in [0.3, 0.4) is 0 Å². The fraction of sp³-hybridized carbons (Fsp3) is 0.174. The molecular weight excluding hydrogens is 367 g/mol. The van der Waals surface area contributed by atoms with E-state index in [1.165, 1.54) is 6.20 Å². The van der Waals surface area contributed by atoms with Crippen molar-refractivity contribution in [3.05, 3.63) is 84.1 Å². The summed E-state index contributed by atoms with van der Waals surface area (Å²) in [7, 11) is 0. The van der Waals surface area contributed by atoms with E-state index >= 15 is 0 Å². The summed E-state index contributed by atoms with van der Waals surface area (Å²) in [6, 6.07) is 15.4. The lowest BCUT2D eigenvalue weighted by Crippen LogP contribution is -2.34. The first-order valence-electron chi connectivity index (χ1n) is 9.33. The Hall–Kier alpha value is -3.54. The minimum atomic E-state index is -0.686. The Morgan fingerprint density at radius 2 is 1.86 bits per heavy atom. The number of hydrogen-bond acceptors (Lipinski definition) is 3. The standard InChI is InChI=1S/C23H21FN4O/c1-15-9-10-16(20-14-28-13-18(24)12-25-22(28)27-20)11-19(15)26-21(29)23(2,3)17-7-5-4-6-8-17/h4-14H,1-3H3,(H,26,29). The highest BCUT2D eigenvalue weighted by atomic mass is 19.1. The second kappa shape index (κ2) is 7.13. The topological polar surface area (TPSA) is 59.3 Å². The SMILES string of the molecule is Cc1ccc(-c2cn3cc(F)cnc3n2)cc1NC(=O)C(C)(C)c1ccccc1. The van der Waals surface area contributed by atoms with Gasteiger partial charge < -0.3 is 5.32 Å². The van der Waals surface area contributed by atoms with E-state index in [1.54, 1.807) is 10.6 Å². The smallest absolute Gasteiger partial charge is 0.234 e. The van der Waals surface area contributed by atoms with Gasteiger partial charge in [0.15, 0.2) is 5.82 Å². The Labute approximate surface area is 168 Å². The molecule has 0 saturated heterocycles. The van der Waals surface area contributed by atoms with Crippen LogP contribution in [0.4, 0.5) is 10.1 Å². The normalized spacial score (nSPS) is 11.6. The highest BCUT2D eigenvalue weighted by Gasteiger charge is 2.30. The molecule has 5 nitrogen and oxygen atoms in total. The van der Waals surface area contributed by atoms with Gasteiger partial charge in [-0.15, -0.1) is 0 Å². The Kier molecular flexibility index (Phi) is 4.62. The summed E-state index contributed by atoms with van der Waals surface area (Å²) in [5.41, 5.74) is 3.38.